The molecule has 0 unspecified atom stereocenters. The minimum atomic E-state index is -0.927. The monoisotopic (exact) mass is 429 g/mol. The van der Waals surface area contributed by atoms with Gasteiger partial charge in [0.15, 0.2) is 6.61 Å². The van der Waals surface area contributed by atoms with Crippen molar-refractivity contribution in [2.75, 3.05) is 18.5 Å². The Kier molecular flexibility index (Phi) is 7.81. The molecule has 0 aliphatic heterocycles. The lowest BCUT2D eigenvalue weighted by Gasteiger charge is -2.33. The van der Waals surface area contributed by atoms with Crippen LogP contribution in [0, 0.1) is 0 Å². The predicted molar refractivity (Wildman–Crippen MR) is 126 cm³/mol. The molecular formula is C27H27NO4. The van der Waals surface area contributed by atoms with Gasteiger partial charge in [-0.25, -0.2) is 4.79 Å². The fourth-order valence-corrected chi connectivity index (χ4v) is 3.64. The average Bonchev–Trinajstić information content (AvgIpc) is 2.83. The second-order valence-electron chi connectivity index (χ2n) is 7.20. The third-order valence-corrected chi connectivity index (χ3v) is 5.15. The van der Waals surface area contributed by atoms with Crippen LogP contribution in [0.15, 0.2) is 97.6 Å². The van der Waals surface area contributed by atoms with Crippen molar-refractivity contribution in [1.29, 1.82) is 0 Å². The first-order valence-corrected chi connectivity index (χ1v) is 10.5. The van der Waals surface area contributed by atoms with E-state index in [9.17, 15) is 9.59 Å². The zero-order valence-corrected chi connectivity index (χ0v) is 18.1. The smallest absolute Gasteiger partial charge is 0.344 e. The van der Waals surface area contributed by atoms with Crippen molar-refractivity contribution in [2.45, 2.75) is 18.8 Å². The van der Waals surface area contributed by atoms with E-state index in [-0.39, 0.29) is 12.5 Å². The Bertz CT molecular complexity index is 991. The Morgan fingerprint density at radius 2 is 1.47 bits per heavy atom. The summed E-state index contributed by atoms with van der Waals surface area (Å²) in [5.41, 5.74) is 1.47. The molecule has 3 aromatic carbocycles. The van der Waals surface area contributed by atoms with Crippen LogP contribution in [-0.4, -0.2) is 25.1 Å². The first-order valence-electron chi connectivity index (χ1n) is 10.5. The molecule has 5 heteroatoms. The maximum Gasteiger partial charge on any atom is 0.344 e. The SMILES string of the molecule is C=CCC(C(=O)Nc1ccc(OCC(=O)OCC)cc1)(c1ccccc1)c1ccccc1. The van der Waals surface area contributed by atoms with Gasteiger partial charge >= 0.3 is 5.97 Å². The minimum Gasteiger partial charge on any atom is -0.482 e. The summed E-state index contributed by atoms with van der Waals surface area (Å²) in [6, 6.07) is 26.3. The number of amides is 1. The van der Waals surface area contributed by atoms with E-state index >= 15 is 0 Å². The van der Waals surface area contributed by atoms with Gasteiger partial charge in [0.2, 0.25) is 5.91 Å². The molecule has 0 saturated carbocycles. The number of ether oxygens (including phenoxy) is 2. The molecule has 0 bridgehead atoms. The standard InChI is InChI=1S/C27H27NO4/c1-3-19-27(21-11-7-5-8-12-21,22-13-9-6-10-14-22)26(30)28-23-15-17-24(18-16-23)32-20-25(29)31-4-2/h3,5-18H,1,4,19-20H2,2H3,(H,28,30). The molecule has 1 N–H and O–H groups in total. The number of anilines is 1. The van der Waals surface area contributed by atoms with Crippen LogP contribution in [0.5, 0.6) is 5.75 Å². The molecular weight excluding hydrogens is 402 g/mol. The fourth-order valence-electron chi connectivity index (χ4n) is 3.64. The minimum absolute atomic E-state index is 0.157. The van der Waals surface area contributed by atoms with Gasteiger partial charge in [0, 0.05) is 5.69 Å². The van der Waals surface area contributed by atoms with Gasteiger partial charge in [-0.2, -0.15) is 0 Å². The normalized spacial score (nSPS) is 10.8. The Morgan fingerprint density at radius 3 is 1.97 bits per heavy atom. The number of benzene rings is 3. The Labute approximate surface area is 188 Å². The van der Waals surface area contributed by atoms with Gasteiger partial charge in [-0.1, -0.05) is 66.7 Å². The van der Waals surface area contributed by atoms with Crippen molar-refractivity contribution in [3.63, 3.8) is 0 Å². The number of hydrogen-bond acceptors (Lipinski definition) is 4. The van der Waals surface area contributed by atoms with Crippen molar-refractivity contribution in [3.05, 3.63) is 109 Å². The predicted octanol–water partition coefficient (Wildman–Crippen LogP) is 5.13. The number of rotatable bonds is 10. The van der Waals surface area contributed by atoms with Crippen molar-refractivity contribution >= 4 is 17.6 Å². The summed E-state index contributed by atoms with van der Waals surface area (Å²) in [6.45, 7) is 5.80. The van der Waals surface area contributed by atoms with Crippen LogP contribution < -0.4 is 10.1 Å². The van der Waals surface area contributed by atoms with E-state index in [1.807, 2.05) is 60.7 Å². The molecule has 1 amide bonds. The molecule has 0 heterocycles. The lowest BCUT2D eigenvalue weighted by molar-refractivity contribution is -0.145. The second kappa shape index (κ2) is 11.0. The van der Waals surface area contributed by atoms with E-state index < -0.39 is 11.4 Å². The van der Waals surface area contributed by atoms with E-state index in [1.165, 1.54) is 0 Å². The highest BCUT2D eigenvalue weighted by atomic mass is 16.6. The van der Waals surface area contributed by atoms with Gasteiger partial charge in [0.25, 0.3) is 0 Å². The highest BCUT2D eigenvalue weighted by molar-refractivity contribution is 6.02. The molecule has 0 aromatic heterocycles. The van der Waals surface area contributed by atoms with E-state index in [1.54, 1.807) is 37.3 Å². The summed E-state index contributed by atoms with van der Waals surface area (Å²) in [4.78, 5) is 25.2. The maximum atomic E-state index is 13.7. The third kappa shape index (κ3) is 5.24. The molecule has 164 valence electrons. The van der Waals surface area contributed by atoms with Gasteiger partial charge < -0.3 is 14.8 Å². The van der Waals surface area contributed by atoms with Crippen LogP contribution in [0.25, 0.3) is 0 Å². The molecule has 0 aliphatic rings. The highest BCUT2D eigenvalue weighted by Crippen LogP contribution is 2.37. The third-order valence-electron chi connectivity index (χ3n) is 5.15. The number of allylic oxidation sites excluding steroid dienone is 1. The van der Waals surface area contributed by atoms with E-state index in [4.69, 9.17) is 9.47 Å². The second-order valence-corrected chi connectivity index (χ2v) is 7.20. The van der Waals surface area contributed by atoms with Crippen LogP contribution in [0.3, 0.4) is 0 Å². The van der Waals surface area contributed by atoms with Crippen molar-refractivity contribution in [3.8, 4) is 5.75 Å². The molecule has 0 radical (unpaired) electrons. The Morgan fingerprint density at radius 1 is 0.906 bits per heavy atom. The first kappa shape index (κ1) is 22.8. The van der Waals surface area contributed by atoms with Crippen LogP contribution in [0.1, 0.15) is 24.5 Å². The molecule has 0 spiro atoms. The molecule has 3 rings (SSSR count). The van der Waals surface area contributed by atoms with Gasteiger partial charge in [-0.15, -0.1) is 6.58 Å². The zero-order valence-electron chi connectivity index (χ0n) is 18.1. The molecule has 3 aromatic rings. The lowest BCUT2D eigenvalue weighted by atomic mass is 9.71. The summed E-state index contributed by atoms with van der Waals surface area (Å²) in [7, 11) is 0. The molecule has 0 saturated heterocycles. The quantitative estimate of drug-likeness (QED) is 0.358. The van der Waals surface area contributed by atoms with Crippen molar-refractivity contribution < 1.29 is 19.1 Å². The molecule has 0 aliphatic carbocycles. The number of nitrogens with one attached hydrogen (secondary N) is 1. The molecule has 0 atom stereocenters. The van der Waals surface area contributed by atoms with Crippen LogP contribution in [0.4, 0.5) is 5.69 Å². The Hall–Kier alpha value is -3.86. The van der Waals surface area contributed by atoms with Crippen LogP contribution in [-0.2, 0) is 19.7 Å². The van der Waals surface area contributed by atoms with Crippen LogP contribution >= 0.6 is 0 Å². The molecule has 0 fully saturated rings. The van der Waals surface area contributed by atoms with E-state index in [0.29, 0.717) is 24.5 Å². The number of carbonyl (C=O) groups is 2. The molecule has 32 heavy (non-hydrogen) atoms. The topological polar surface area (TPSA) is 64.6 Å². The lowest BCUT2D eigenvalue weighted by Crippen LogP contribution is -2.41. The number of hydrogen-bond donors (Lipinski definition) is 1. The van der Waals surface area contributed by atoms with Gasteiger partial charge in [0.1, 0.15) is 11.2 Å². The van der Waals surface area contributed by atoms with Crippen molar-refractivity contribution in [1.82, 2.24) is 0 Å². The summed E-state index contributed by atoms with van der Waals surface area (Å²) < 4.78 is 10.3. The fraction of sp³-hybridized carbons (Fsp3) is 0.185. The van der Waals surface area contributed by atoms with E-state index in [0.717, 1.165) is 11.1 Å². The average molecular weight is 430 g/mol. The zero-order chi connectivity index (χ0) is 22.8. The van der Waals surface area contributed by atoms with Crippen LogP contribution in [0.2, 0.25) is 0 Å². The van der Waals surface area contributed by atoms with E-state index in [2.05, 4.69) is 11.9 Å². The molecule has 5 nitrogen and oxygen atoms in total. The maximum absolute atomic E-state index is 13.7. The summed E-state index contributed by atoms with van der Waals surface area (Å²) in [6.07, 6.45) is 2.21. The Balaban J connectivity index is 1.86. The van der Waals surface area contributed by atoms with Gasteiger partial charge in [-0.05, 0) is 48.7 Å². The van der Waals surface area contributed by atoms with Crippen molar-refractivity contribution in [2.24, 2.45) is 0 Å². The van der Waals surface area contributed by atoms with Gasteiger partial charge in [0.05, 0.1) is 6.61 Å². The number of esters is 1. The van der Waals surface area contributed by atoms with Gasteiger partial charge in [-0.3, -0.25) is 4.79 Å². The highest BCUT2D eigenvalue weighted by Gasteiger charge is 2.40. The summed E-state index contributed by atoms with van der Waals surface area (Å²) in [5, 5.41) is 3.04. The summed E-state index contributed by atoms with van der Waals surface area (Å²) >= 11 is 0. The largest absolute Gasteiger partial charge is 0.482 e. The number of carbonyl (C=O) groups excluding carboxylic acids is 2. The summed E-state index contributed by atoms with van der Waals surface area (Å²) in [5.74, 6) is -0.0701. The first-order chi connectivity index (χ1) is 15.6.